The number of carbonyl (C=O) groups excluding carboxylic acids is 5. The topological polar surface area (TPSA) is 214 Å². The van der Waals surface area contributed by atoms with E-state index in [2.05, 4.69) is 28.2 Å². The Hall–Kier alpha value is -5.14. The second kappa shape index (κ2) is 23.2. The monoisotopic (exact) mass is 793 g/mol. The van der Waals surface area contributed by atoms with Gasteiger partial charge in [0.2, 0.25) is 29.5 Å². The SMILES string of the molecule is CCCCCCCCCCCCCC[C@H](C)C(=O)N[C@@H](C)C(=O)NCC(=O)N(C)C1C(=O)N[C@@H](C)C(=O)N[C@H](C(=O)O)Cc2ccc(O)c(c2)-c2cc1ccc2O. The highest BCUT2D eigenvalue weighted by Gasteiger charge is 2.33. The molecular formula is C43H63N5O9. The van der Waals surface area contributed by atoms with Crippen molar-refractivity contribution in [3.8, 4) is 22.6 Å². The number of carboxylic acid groups (broad SMARTS) is 1. The third-order valence-electron chi connectivity index (χ3n) is 10.6. The van der Waals surface area contributed by atoms with Crippen LogP contribution in [0, 0.1) is 5.92 Å². The Kier molecular flexibility index (Phi) is 18.8. The molecule has 7 N–H and O–H groups in total. The Morgan fingerprint density at radius 3 is 1.95 bits per heavy atom. The second-order valence-electron chi connectivity index (χ2n) is 15.4. The molecule has 0 saturated heterocycles. The van der Waals surface area contributed by atoms with Gasteiger partial charge in [-0.25, -0.2) is 4.79 Å². The fraction of sp³-hybridized carbons (Fsp3) is 0.581. The van der Waals surface area contributed by atoms with E-state index in [1.54, 1.807) is 0 Å². The van der Waals surface area contributed by atoms with Gasteiger partial charge in [-0.05, 0) is 55.7 Å². The summed E-state index contributed by atoms with van der Waals surface area (Å²) in [7, 11) is 1.33. The number of nitrogens with one attached hydrogen (secondary N) is 4. The van der Waals surface area contributed by atoms with Gasteiger partial charge in [0.1, 0.15) is 35.7 Å². The van der Waals surface area contributed by atoms with Crippen molar-refractivity contribution >= 4 is 35.5 Å². The summed E-state index contributed by atoms with van der Waals surface area (Å²) in [6.07, 6.45) is 15.3. The first-order valence-electron chi connectivity index (χ1n) is 20.5. The average Bonchev–Trinajstić information content (AvgIpc) is 3.17. The smallest absolute Gasteiger partial charge is 0.326 e. The minimum Gasteiger partial charge on any atom is -0.507 e. The van der Waals surface area contributed by atoms with E-state index >= 15 is 0 Å². The van der Waals surface area contributed by atoms with E-state index in [0.717, 1.165) is 24.2 Å². The molecule has 1 aliphatic rings. The lowest BCUT2D eigenvalue weighted by Crippen LogP contribution is -2.54. The molecule has 14 nitrogen and oxygen atoms in total. The van der Waals surface area contributed by atoms with Crippen molar-refractivity contribution in [3.63, 3.8) is 0 Å². The Morgan fingerprint density at radius 1 is 0.789 bits per heavy atom. The van der Waals surface area contributed by atoms with E-state index in [4.69, 9.17) is 0 Å². The first kappa shape index (κ1) is 46.2. The zero-order valence-corrected chi connectivity index (χ0v) is 34.2. The van der Waals surface area contributed by atoms with Crippen molar-refractivity contribution in [2.75, 3.05) is 13.6 Å². The number of unbranched alkanes of at least 4 members (excludes halogenated alkanes) is 11. The minimum absolute atomic E-state index is 0.109. The van der Waals surface area contributed by atoms with Crippen molar-refractivity contribution in [1.82, 2.24) is 26.2 Å². The molecule has 2 aromatic rings. The quantitative estimate of drug-likeness (QED) is 0.0872. The van der Waals surface area contributed by atoms with Crippen LogP contribution in [0.5, 0.6) is 11.5 Å². The van der Waals surface area contributed by atoms with E-state index in [-0.39, 0.29) is 46.4 Å². The standard InChI is InChI=1S/C43H63N5O9/c1-6-7-8-9-10-11-12-13-14-15-16-17-18-27(2)39(52)45-28(3)40(53)44-26-37(51)48(5)38-31-20-22-36(50)33(25-31)32-23-30(19-21-35(32)49)24-34(43(56)57)47-41(54)29(4)46-42(38)55/h19-23,25,27-29,34,38,49-50H,6-18,24,26H2,1-5H3,(H,44,53)(H,45,52)(H,46,55)(H,47,54)(H,56,57)/t27-,28-,29-,34-,38?/m0/s1. The number of aromatic hydroxyl groups is 2. The number of carboxylic acids is 1. The van der Waals surface area contributed by atoms with Crippen molar-refractivity contribution in [2.45, 2.75) is 142 Å². The zero-order chi connectivity index (χ0) is 42.1. The van der Waals surface area contributed by atoms with Gasteiger partial charge < -0.3 is 41.5 Å². The molecule has 5 atom stereocenters. The van der Waals surface area contributed by atoms with Crippen molar-refractivity contribution in [3.05, 3.63) is 47.5 Å². The van der Waals surface area contributed by atoms with Gasteiger partial charge in [0.25, 0.3) is 0 Å². The van der Waals surface area contributed by atoms with Crippen LogP contribution in [0.3, 0.4) is 0 Å². The number of rotatable bonds is 20. The lowest BCUT2D eigenvalue weighted by Gasteiger charge is -2.30. The number of amides is 5. The maximum Gasteiger partial charge on any atom is 0.326 e. The van der Waals surface area contributed by atoms with Crippen molar-refractivity contribution < 1.29 is 44.1 Å². The van der Waals surface area contributed by atoms with E-state index in [9.17, 15) is 44.1 Å². The lowest BCUT2D eigenvalue weighted by atomic mass is 9.94. The summed E-state index contributed by atoms with van der Waals surface area (Å²) in [5.74, 6) is -5.23. The van der Waals surface area contributed by atoms with Gasteiger partial charge in [0.05, 0.1) is 6.54 Å². The molecule has 1 aliphatic heterocycles. The van der Waals surface area contributed by atoms with Crippen molar-refractivity contribution in [1.29, 1.82) is 0 Å². The average molecular weight is 794 g/mol. The molecule has 0 aliphatic carbocycles. The molecule has 0 aromatic heterocycles. The Bertz CT molecular complexity index is 1700. The van der Waals surface area contributed by atoms with E-state index in [0.29, 0.717) is 12.0 Å². The van der Waals surface area contributed by atoms with E-state index < -0.39 is 60.3 Å². The van der Waals surface area contributed by atoms with Gasteiger partial charge in [0, 0.05) is 30.5 Å². The number of likely N-dealkylation sites (N-methyl/N-ethyl adjacent to an activating group) is 1. The van der Waals surface area contributed by atoms with E-state index in [1.807, 2.05) is 6.92 Å². The van der Waals surface area contributed by atoms with Crippen LogP contribution in [0.25, 0.3) is 11.1 Å². The summed E-state index contributed by atoms with van der Waals surface area (Å²) in [4.78, 5) is 79.4. The molecule has 0 radical (unpaired) electrons. The van der Waals surface area contributed by atoms with Gasteiger partial charge in [-0.2, -0.15) is 0 Å². The van der Waals surface area contributed by atoms with Crippen LogP contribution in [0.2, 0.25) is 0 Å². The number of hydrogen-bond acceptors (Lipinski definition) is 8. The van der Waals surface area contributed by atoms with E-state index in [1.165, 1.54) is 115 Å². The lowest BCUT2D eigenvalue weighted by molar-refractivity contribution is -0.143. The molecule has 1 unspecified atom stereocenters. The molecule has 5 amide bonds. The van der Waals surface area contributed by atoms with Crippen molar-refractivity contribution in [2.24, 2.45) is 5.92 Å². The van der Waals surface area contributed by atoms with Gasteiger partial charge in [-0.15, -0.1) is 0 Å². The predicted octanol–water partition coefficient (Wildman–Crippen LogP) is 5.24. The Labute approximate surface area is 336 Å². The molecule has 2 aromatic carbocycles. The second-order valence-corrected chi connectivity index (χ2v) is 15.4. The van der Waals surface area contributed by atoms with Crippen LogP contribution in [0.4, 0.5) is 0 Å². The molecule has 0 fully saturated rings. The number of aliphatic carboxylic acids is 1. The number of phenols is 2. The van der Waals surface area contributed by atoms with Crippen LogP contribution < -0.4 is 21.3 Å². The summed E-state index contributed by atoms with van der Waals surface area (Å²) < 4.78 is 0. The Morgan fingerprint density at radius 2 is 1.35 bits per heavy atom. The van der Waals surface area contributed by atoms with Gasteiger partial charge in [-0.3, -0.25) is 24.0 Å². The number of carbonyl (C=O) groups is 6. The van der Waals surface area contributed by atoms with Crippen LogP contribution >= 0.6 is 0 Å². The number of hydrogen-bond donors (Lipinski definition) is 7. The summed E-state index contributed by atoms with van der Waals surface area (Å²) in [6.45, 7) is 6.42. The molecule has 314 valence electrons. The minimum atomic E-state index is -1.40. The highest BCUT2D eigenvalue weighted by molar-refractivity contribution is 5.95. The fourth-order valence-corrected chi connectivity index (χ4v) is 6.93. The number of phenolic OH excluding ortho intramolecular Hbond substituents is 2. The molecule has 14 heteroatoms. The van der Waals surface area contributed by atoms with Crippen LogP contribution in [0.15, 0.2) is 36.4 Å². The molecule has 4 bridgehead atoms. The molecule has 1 heterocycles. The summed E-state index contributed by atoms with van der Waals surface area (Å²) >= 11 is 0. The summed E-state index contributed by atoms with van der Waals surface area (Å²) in [6, 6.07) is 3.51. The largest absolute Gasteiger partial charge is 0.507 e. The van der Waals surface area contributed by atoms with Crippen LogP contribution in [0.1, 0.15) is 128 Å². The molecule has 0 saturated carbocycles. The normalized spacial score (nSPS) is 17.9. The molecule has 0 spiro atoms. The maximum absolute atomic E-state index is 13.8. The third-order valence-corrected chi connectivity index (χ3v) is 10.6. The number of fused-ring (bicyclic) bond motifs is 5. The van der Waals surface area contributed by atoms with Gasteiger partial charge >= 0.3 is 5.97 Å². The first-order valence-corrected chi connectivity index (χ1v) is 20.5. The predicted molar refractivity (Wildman–Crippen MR) is 217 cm³/mol. The molecule has 57 heavy (non-hydrogen) atoms. The van der Waals surface area contributed by atoms with Crippen LogP contribution in [-0.4, -0.2) is 87.4 Å². The number of nitrogens with zero attached hydrogens (tertiary/aromatic N) is 1. The molecule has 3 rings (SSSR count). The highest BCUT2D eigenvalue weighted by atomic mass is 16.4. The van der Waals surface area contributed by atoms with Gasteiger partial charge in [0.15, 0.2) is 0 Å². The summed E-state index contributed by atoms with van der Waals surface area (Å²) in [5, 5.41) is 41.6. The maximum atomic E-state index is 13.8. The number of benzene rings is 2. The molecular weight excluding hydrogens is 730 g/mol. The van der Waals surface area contributed by atoms with Gasteiger partial charge in [-0.1, -0.05) is 103 Å². The Balaban J connectivity index is 1.61. The summed E-state index contributed by atoms with van der Waals surface area (Å²) in [5.41, 5.74) is 0.890. The zero-order valence-electron chi connectivity index (χ0n) is 34.2. The fourth-order valence-electron chi connectivity index (χ4n) is 6.93. The van der Waals surface area contributed by atoms with Crippen LogP contribution in [-0.2, 0) is 35.2 Å². The highest BCUT2D eigenvalue weighted by Crippen LogP contribution is 2.38. The third kappa shape index (κ3) is 14.4. The first-order chi connectivity index (χ1) is 27.1.